The molecule has 0 fully saturated rings. The Morgan fingerprint density at radius 3 is 2.75 bits per heavy atom. The van der Waals surface area contributed by atoms with Gasteiger partial charge in [0.15, 0.2) is 0 Å². The Hall–Kier alpha value is -0.520. The van der Waals surface area contributed by atoms with Gasteiger partial charge in [0, 0.05) is 21.7 Å². The number of rotatable bonds is 5. The fourth-order valence-electron chi connectivity index (χ4n) is 1.06. The summed E-state index contributed by atoms with van der Waals surface area (Å²) in [6.45, 7) is 2.09. The molecule has 3 nitrogen and oxygen atoms in total. The summed E-state index contributed by atoms with van der Waals surface area (Å²) in [6.07, 6.45) is 0. The number of hydrogen-bond donors (Lipinski definition) is 2. The van der Waals surface area contributed by atoms with E-state index in [1.165, 1.54) is 0 Å². The van der Waals surface area contributed by atoms with Crippen molar-refractivity contribution in [2.24, 2.45) is 5.92 Å². The summed E-state index contributed by atoms with van der Waals surface area (Å²) in [4.78, 5) is 11.7. The first-order valence-electron chi connectivity index (χ1n) is 4.80. The van der Waals surface area contributed by atoms with Gasteiger partial charge in [0.2, 0.25) is 0 Å². The Labute approximate surface area is 107 Å². The number of aliphatic hydroxyl groups excluding tert-OH is 1. The number of aliphatic hydroxyl groups is 1. The van der Waals surface area contributed by atoms with Gasteiger partial charge in [-0.2, -0.15) is 0 Å². The third-order valence-corrected chi connectivity index (χ3v) is 3.73. The van der Waals surface area contributed by atoms with Crippen LogP contribution in [-0.2, 0) is 0 Å². The lowest BCUT2D eigenvalue weighted by atomic mass is 10.2. The van der Waals surface area contributed by atoms with Crippen LogP contribution in [0.5, 0.6) is 0 Å². The van der Waals surface area contributed by atoms with E-state index in [0.29, 0.717) is 0 Å². The van der Waals surface area contributed by atoms with Crippen molar-refractivity contribution in [1.82, 2.24) is 0 Å². The molecule has 0 radical (unpaired) electrons. The topological polar surface area (TPSA) is 57.5 Å². The summed E-state index contributed by atoms with van der Waals surface area (Å²) in [5, 5.41) is 17.8. The van der Waals surface area contributed by atoms with Crippen molar-refractivity contribution >= 4 is 33.7 Å². The Bertz CT molecular complexity index is 381. The minimum atomic E-state index is -0.932. The van der Waals surface area contributed by atoms with E-state index in [0.717, 1.165) is 15.1 Å². The average Bonchev–Trinajstić information content (AvgIpc) is 2.25. The van der Waals surface area contributed by atoms with E-state index in [1.54, 1.807) is 23.9 Å². The number of halogens is 1. The van der Waals surface area contributed by atoms with Crippen LogP contribution in [0.1, 0.15) is 17.3 Å². The Balaban J connectivity index is 2.76. The number of carbonyl (C=O) groups is 1. The van der Waals surface area contributed by atoms with Crippen LogP contribution in [0, 0.1) is 5.92 Å². The van der Waals surface area contributed by atoms with E-state index < -0.39 is 5.97 Å². The summed E-state index contributed by atoms with van der Waals surface area (Å²) in [7, 11) is 0. The first-order valence-corrected chi connectivity index (χ1v) is 6.58. The van der Waals surface area contributed by atoms with Crippen LogP contribution in [0.3, 0.4) is 0 Å². The second-order valence-corrected chi connectivity index (χ2v) is 5.59. The van der Waals surface area contributed by atoms with E-state index in [2.05, 4.69) is 15.9 Å². The van der Waals surface area contributed by atoms with E-state index in [1.807, 2.05) is 13.0 Å². The van der Waals surface area contributed by atoms with Gasteiger partial charge < -0.3 is 10.2 Å². The fraction of sp³-hybridized carbons (Fsp3) is 0.364. The highest BCUT2D eigenvalue weighted by Crippen LogP contribution is 2.26. The zero-order valence-corrected chi connectivity index (χ0v) is 11.2. The Morgan fingerprint density at radius 1 is 1.50 bits per heavy atom. The third kappa shape index (κ3) is 4.15. The molecule has 1 aromatic rings. The molecule has 0 saturated carbocycles. The summed E-state index contributed by atoms with van der Waals surface area (Å²) >= 11 is 4.82. The highest BCUT2D eigenvalue weighted by Gasteiger charge is 2.07. The van der Waals surface area contributed by atoms with Crippen molar-refractivity contribution < 1.29 is 15.0 Å². The summed E-state index contributed by atoms with van der Waals surface area (Å²) in [5.74, 6) is 0.0436. The van der Waals surface area contributed by atoms with Gasteiger partial charge in [-0.1, -0.05) is 22.9 Å². The highest BCUT2D eigenvalue weighted by atomic mass is 79.9. The standard InChI is InChI=1S/C11H13BrO3S/c1-7(5-13)6-16-10-3-8(11(14)15)2-9(12)4-10/h2-4,7,13H,5-6H2,1H3,(H,14,15). The van der Waals surface area contributed by atoms with Crippen LogP contribution < -0.4 is 0 Å². The highest BCUT2D eigenvalue weighted by molar-refractivity contribution is 9.10. The third-order valence-electron chi connectivity index (χ3n) is 1.96. The lowest BCUT2D eigenvalue weighted by Gasteiger charge is -2.08. The summed E-state index contributed by atoms with van der Waals surface area (Å²) < 4.78 is 0.756. The number of carboxylic acid groups (broad SMARTS) is 1. The van der Waals surface area contributed by atoms with E-state index in [-0.39, 0.29) is 18.1 Å². The van der Waals surface area contributed by atoms with E-state index in [9.17, 15) is 4.79 Å². The molecule has 0 amide bonds. The zero-order chi connectivity index (χ0) is 12.1. The Morgan fingerprint density at radius 2 is 2.19 bits per heavy atom. The summed E-state index contributed by atoms with van der Waals surface area (Å²) in [5.41, 5.74) is 0.272. The number of benzene rings is 1. The van der Waals surface area contributed by atoms with Gasteiger partial charge in [-0.25, -0.2) is 4.79 Å². The molecule has 0 aliphatic rings. The van der Waals surface area contributed by atoms with Gasteiger partial charge in [0.05, 0.1) is 5.56 Å². The number of carboxylic acids is 1. The van der Waals surface area contributed by atoms with Gasteiger partial charge >= 0.3 is 5.97 Å². The normalized spacial score (nSPS) is 12.4. The molecule has 0 heterocycles. The van der Waals surface area contributed by atoms with Crippen LogP contribution >= 0.6 is 27.7 Å². The Kier molecular flexibility index (Phi) is 5.31. The predicted octanol–water partition coefficient (Wildman–Crippen LogP) is 2.87. The molecule has 0 aliphatic carbocycles. The predicted molar refractivity (Wildman–Crippen MR) is 68.1 cm³/mol. The average molecular weight is 305 g/mol. The molecular formula is C11H13BrO3S. The maximum atomic E-state index is 10.8. The molecule has 1 rings (SSSR count). The molecule has 0 spiro atoms. The first kappa shape index (κ1) is 13.5. The van der Waals surface area contributed by atoms with E-state index in [4.69, 9.17) is 10.2 Å². The van der Waals surface area contributed by atoms with Crippen molar-refractivity contribution in [3.05, 3.63) is 28.2 Å². The molecule has 16 heavy (non-hydrogen) atoms. The van der Waals surface area contributed by atoms with Gasteiger partial charge in [0.25, 0.3) is 0 Å². The van der Waals surface area contributed by atoms with Crippen LogP contribution in [0.2, 0.25) is 0 Å². The number of aromatic carboxylic acids is 1. The molecule has 0 bridgehead atoms. The monoisotopic (exact) mass is 304 g/mol. The minimum Gasteiger partial charge on any atom is -0.478 e. The van der Waals surface area contributed by atoms with Crippen LogP contribution in [0.4, 0.5) is 0 Å². The van der Waals surface area contributed by atoms with Crippen LogP contribution in [0.25, 0.3) is 0 Å². The zero-order valence-electron chi connectivity index (χ0n) is 8.81. The quantitative estimate of drug-likeness (QED) is 0.821. The molecule has 1 atom stereocenters. The van der Waals surface area contributed by atoms with Gasteiger partial charge in [-0.15, -0.1) is 11.8 Å². The largest absolute Gasteiger partial charge is 0.478 e. The maximum absolute atomic E-state index is 10.8. The molecule has 0 aliphatic heterocycles. The molecule has 1 unspecified atom stereocenters. The SMILES string of the molecule is CC(CO)CSc1cc(Br)cc(C(=O)O)c1. The molecule has 5 heteroatoms. The van der Waals surface area contributed by atoms with Crippen molar-refractivity contribution in [3.63, 3.8) is 0 Å². The number of hydrogen-bond acceptors (Lipinski definition) is 3. The van der Waals surface area contributed by atoms with Crippen molar-refractivity contribution in [2.75, 3.05) is 12.4 Å². The number of thioether (sulfide) groups is 1. The lowest BCUT2D eigenvalue weighted by Crippen LogP contribution is -2.03. The van der Waals surface area contributed by atoms with Crippen LogP contribution in [-0.4, -0.2) is 28.5 Å². The van der Waals surface area contributed by atoms with Crippen molar-refractivity contribution in [2.45, 2.75) is 11.8 Å². The molecule has 0 saturated heterocycles. The minimum absolute atomic E-state index is 0.146. The first-order chi connectivity index (χ1) is 7.52. The molecule has 0 aromatic heterocycles. The second kappa shape index (κ2) is 6.27. The fourth-order valence-corrected chi connectivity index (χ4v) is 2.71. The maximum Gasteiger partial charge on any atom is 0.335 e. The molecular weight excluding hydrogens is 292 g/mol. The summed E-state index contributed by atoms with van der Waals surface area (Å²) in [6, 6.07) is 5.09. The van der Waals surface area contributed by atoms with E-state index >= 15 is 0 Å². The van der Waals surface area contributed by atoms with Crippen LogP contribution in [0.15, 0.2) is 27.6 Å². The molecule has 1 aromatic carbocycles. The molecule has 88 valence electrons. The van der Waals surface area contributed by atoms with Gasteiger partial charge in [-0.05, 0) is 24.1 Å². The lowest BCUT2D eigenvalue weighted by molar-refractivity contribution is 0.0696. The van der Waals surface area contributed by atoms with Gasteiger partial charge in [-0.3, -0.25) is 0 Å². The second-order valence-electron chi connectivity index (χ2n) is 3.58. The molecule has 2 N–H and O–H groups in total. The smallest absolute Gasteiger partial charge is 0.335 e. The van der Waals surface area contributed by atoms with Gasteiger partial charge in [0.1, 0.15) is 0 Å². The van der Waals surface area contributed by atoms with Crippen molar-refractivity contribution in [3.8, 4) is 0 Å². The van der Waals surface area contributed by atoms with Crippen molar-refractivity contribution in [1.29, 1.82) is 0 Å².